The summed E-state index contributed by atoms with van der Waals surface area (Å²) < 4.78 is 5.39. The Balaban J connectivity index is 2.80. The van der Waals surface area contributed by atoms with Crippen LogP contribution in [0.15, 0.2) is 24.5 Å². The Labute approximate surface area is 91.0 Å². The minimum absolute atomic E-state index is 0.663. The third-order valence-corrected chi connectivity index (χ3v) is 2.10. The second-order valence-electron chi connectivity index (χ2n) is 3.31. The zero-order valence-electron chi connectivity index (χ0n) is 9.36. The number of rotatable bonds is 5. The molecule has 0 amide bonds. The normalized spacial score (nSPS) is 11.5. The second-order valence-corrected chi connectivity index (χ2v) is 3.31. The van der Waals surface area contributed by atoms with Crippen LogP contribution in [0.25, 0.3) is 5.57 Å². The van der Waals surface area contributed by atoms with Crippen molar-refractivity contribution in [3.63, 3.8) is 0 Å². The molecule has 0 fully saturated rings. The molecule has 0 saturated heterocycles. The maximum atomic E-state index is 5.45. The van der Waals surface area contributed by atoms with Crippen molar-refractivity contribution in [1.82, 2.24) is 4.98 Å². The monoisotopic (exact) mass is 206 g/mol. The van der Waals surface area contributed by atoms with E-state index in [4.69, 9.17) is 10.5 Å². The first-order chi connectivity index (χ1) is 7.27. The summed E-state index contributed by atoms with van der Waals surface area (Å²) in [6, 6.07) is 2.00. The maximum absolute atomic E-state index is 5.45. The van der Waals surface area contributed by atoms with E-state index < -0.39 is 0 Å². The van der Waals surface area contributed by atoms with Gasteiger partial charge in [0.25, 0.3) is 0 Å². The van der Waals surface area contributed by atoms with E-state index in [0.29, 0.717) is 13.2 Å². The molecule has 3 nitrogen and oxygen atoms in total. The Morgan fingerprint density at radius 1 is 1.53 bits per heavy atom. The van der Waals surface area contributed by atoms with E-state index >= 15 is 0 Å². The highest BCUT2D eigenvalue weighted by Crippen LogP contribution is 2.18. The van der Waals surface area contributed by atoms with Crippen LogP contribution in [0.2, 0.25) is 0 Å². The molecule has 82 valence electrons. The standard InChI is InChI=1S/C12H18N2O/c1-3-15-12-7-11(8-14-9-12)10(2)5-4-6-13/h5,7-9H,3-4,6,13H2,1-2H3. The van der Waals surface area contributed by atoms with Crippen LogP contribution >= 0.6 is 0 Å². The highest BCUT2D eigenvalue weighted by Gasteiger charge is 1.98. The van der Waals surface area contributed by atoms with E-state index in [0.717, 1.165) is 17.7 Å². The summed E-state index contributed by atoms with van der Waals surface area (Å²) in [7, 11) is 0. The van der Waals surface area contributed by atoms with Gasteiger partial charge in [0, 0.05) is 6.20 Å². The van der Waals surface area contributed by atoms with Crippen molar-refractivity contribution in [1.29, 1.82) is 0 Å². The molecule has 0 aliphatic rings. The van der Waals surface area contributed by atoms with Gasteiger partial charge in [-0.15, -0.1) is 0 Å². The van der Waals surface area contributed by atoms with Crippen LogP contribution < -0.4 is 10.5 Å². The number of nitrogens with two attached hydrogens (primary N) is 1. The Hall–Kier alpha value is -1.35. The van der Waals surface area contributed by atoms with Crippen molar-refractivity contribution in [3.8, 4) is 5.75 Å². The summed E-state index contributed by atoms with van der Waals surface area (Å²) in [5.41, 5.74) is 7.73. The van der Waals surface area contributed by atoms with E-state index in [1.54, 1.807) is 6.20 Å². The lowest BCUT2D eigenvalue weighted by Crippen LogP contribution is -1.96. The average Bonchev–Trinajstić information content (AvgIpc) is 2.27. The van der Waals surface area contributed by atoms with Gasteiger partial charge in [0.15, 0.2) is 0 Å². The van der Waals surface area contributed by atoms with Gasteiger partial charge in [0.2, 0.25) is 0 Å². The third kappa shape index (κ3) is 3.72. The topological polar surface area (TPSA) is 48.1 Å². The zero-order chi connectivity index (χ0) is 11.1. The molecular formula is C12H18N2O. The molecule has 15 heavy (non-hydrogen) atoms. The molecule has 1 aromatic heterocycles. The van der Waals surface area contributed by atoms with Crippen molar-refractivity contribution >= 4 is 5.57 Å². The summed E-state index contributed by atoms with van der Waals surface area (Å²) in [6.45, 7) is 5.36. The van der Waals surface area contributed by atoms with Crippen LogP contribution in [0.5, 0.6) is 5.75 Å². The number of pyridine rings is 1. The van der Waals surface area contributed by atoms with Crippen molar-refractivity contribution < 1.29 is 4.74 Å². The van der Waals surface area contributed by atoms with Crippen LogP contribution in [0.1, 0.15) is 25.8 Å². The number of hydrogen-bond donors (Lipinski definition) is 1. The summed E-state index contributed by atoms with van der Waals surface area (Å²) in [5.74, 6) is 0.815. The highest BCUT2D eigenvalue weighted by atomic mass is 16.5. The number of hydrogen-bond acceptors (Lipinski definition) is 3. The fraction of sp³-hybridized carbons (Fsp3) is 0.417. The third-order valence-electron chi connectivity index (χ3n) is 2.10. The highest BCUT2D eigenvalue weighted by molar-refractivity contribution is 5.63. The lowest BCUT2D eigenvalue weighted by atomic mass is 10.1. The largest absolute Gasteiger partial charge is 0.492 e. The Morgan fingerprint density at radius 3 is 3.00 bits per heavy atom. The van der Waals surface area contributed by atoms with Gasteiger partial charge >= 0.3 is 0 Å². The first-order valence-electron chi connectivity index (χ1n) is 5.23. The van der Waals surface area contributed by atoms with Gasteiger partial charge in [0.05, 0.1) is 12.8 Å². The molecule has 2 N–H and O–H groups in total. The molecule has 0 radical (unpaired) electrons. The van der Waals surface area contributed by atoms with E-state index in [-0.39, 0.29) is 0 Å². The molecule has 1 rings (SSSR count). The first kappa shape index (κ1) is 11.7. The Morgan fingerprint density at radius 2 is 2.33 bits per heavy atom. The minimum Gasteiger partial charge on any atom is -0.492 e. The van der Waals surface area contributed by atoms with Crippen LogP contribution in [0, 0.1) is 0 Å². The molecule has 0 spiro atoms. The lowest BCUT2D eigenvalue weighted by molar-refractivity contribution is 0.339. The van der Waals surface area contributed by atoms with E-state index in [9.17, 15) is 0 Å². The van der Waals surface area contributed by atoms with Gasteiger partial charge in [-0.25, -0.2) is 0 Å². The number of allylic oxidation sites excluding steroid dienone is 1. The summed E-state index contributed by atoms with van der Waals surface area (Å²) in [4.78, 5) is 4.14. The van der Waals surface area contributed by atoms with Crippen molar-refractivity contribution in [2.24, 2.45) is 5.73 Å². The molecule has 0 aliphatic carbocycles. The SMILES string of the molecule is CCOc1cncc(C(C)=CCCN)c1. The average molecular weight is 206 g/mol. The van der Waals surface area contributed by atoms with E-state index in [2.05, 4.69) is 18.0 Å². The van der Waals surface area contributed by atoms with Gasteiger partial charge in [-0.2, -0.15) is 0 Å². The molecule has 0 bridgehead atoms. The first-order valence-corrected chi connectivity index (χ1v) is 5.23. The molecule has 0 aromatic carbocycles. The summed E-state index contributed by atoms with van der Waals surface area (Å²) in [5, 5.41) is 0. The van der Waals surface area contributed by atoms with Crippen molar-refractivity contribution in [2.75, 3.05) is 13.2 Å². The number of nitrogens with zero attached hydrogens (tertiary/aromatic N) is 1. The predicted molar refractivity (Wildman–Crippen MR) is 62.7 cm³/mol. The van der Waals surface area contributed by atoms with Gasteiger partial charge in [0.1, 0.15) is 5.75 Å². The summed E-state index contributed by atoms with van der Waals surface area (Å²) in [6.07, 6.45) is 6.57. The van der Waals surface area contributed by atoms with Crippen LogP contribution in [-0.4, -0.2) is 18.1 Å². The van der Waals surface area contributed by atoms with Gasteiger partial charge in [-0.05, 0) is 44.0 Å². The van der Waals surface area contributed by atoms with Gasteiger partial charge < -0.3 is 10.5 Å². The number of ether oxygens (including phenoxy) is 1. The minimum atomic E-state index is 0.663. The zero-order valence-corrected chi connectivity index (χ0v) is 9.36. The molecule has 0 atom stereocenters. The Kier molecular flexibility index (Phi) is 4.84. The molecular weight excluding hydrogens is 188 g/mol. The molecule has 1 heterocycles. The predicted octanol–water partition coefficient (Wildman–Crippen LogP) is 2.23. The fourth-order valence-electron chi connectivity index (χ4n) is 1.30. The second kappa shape index (κ2) is 6.19. The van der Waals surface area contributed by atoms with Gasteiger partial charge in [-0.3, -0.25) is 4.98 Å². The van der Waals surface area contributed by atoms with E-state index in [1.807, 2.05) is 19.2 Å². The summed E-state index contributed by atoms with van der Waals surface area (Å²) >= 11 is 0. The molecule has 0 saturated carbocycles. The molecule has 0 aliphatic heterocycles. The fourth-order valence-corrected chi connectivity index (χ4v) is 1.30. The molecule has 3 heteroatoms. The van der Waals surface area contributed by atoms with Crippen LogP contribution in [0.3, 0.4) is 0 Å². The van der Waals surface area contributed by atoms with Crippen LogP contribution in [-0.2, 0) is 0 Å². The van der Waals surface area contributed by atoms with Crippen LogP contribution in [0.4, 0.5) is 0 Å². The van der Waals surface area contributed by atoms with E-state index in [1.165, 1.54) is 5.57 Å². The lowest BCUT2D eigenvalue weighted by Gasteiger charge is -2.05. The number of aromatic nitrogens is 1. The molecule has 1 aromatic rings. The molecule has 0 unspecified atom stereocenters. The quantitative estimate of drug-likeness (QED) is 0.803. The van der Waals surface area contributed by atoms with Crippen molar-refractivity contribution in [2.45, 2.75) is 20.3 Å². The Bertz CT molecular complexity index is 334. The maximum Gasteiger partial charge on any atom is 0.138 e. The van der Waals surface area contributed by atoms with Crippen molar-refractivity contribution in [3.05, 3.63) is 30.1 Å². The van der Waals surface area contributed by atoms with Gasteiger partial charge in [-0.1, -0.05) is 6.08 Å². The smallest absolute Gasteiger partial charge is 0.138 e.